The summed E-state index contributed by atoms with van der Waals surface area (Å²) in [6.45, 7) is 0. The van der Waals surface area contributed by atoms with Crippen molar-refractivity contribution in [3.05, 3.63) is 71.0 Å². The molecule has 4 aromatic rings. The number of phenolic OH excluding ortho intramolecular Hbond substituents is 2. The molecule has 2 radical (unpaired) electrons. The topological polar surface area (TPSA) is 66.2 Å². The van der Waals surface area contributed by atoms with E-state index in [1.807, 2.05) is 12.1 Å². The van der Waals surface area contributed by atoms with Gasteiger partial charge in [0, 0.05) is 46.2 Å². The fraction of sp³-hybridized carbons (Fsp3) is 0. The molecule has 0 aliphatic carbocycles. The highest BCUT2D eigenvalue weighted by Gasteiger charge is 2.03. The van der Waals surface area contributed by atoms with Crippen molar-refractivity contribution in [2.75, 3.05) is 0 Å². The van der Waals surface area contributed by atoms with Crippen LogP contribution in [0.5, 0.6) is 11.5 Å². The van der Waals surface area contributed by atoms with Crippen LogP contribution in [0.15, 0.2) is 60.9 Å². The van der Waals surface area contributed by atoms with Gasteiger partial charge in [-0.3, -0.25) is 9.97 Å². The zero-order chi connectivity index (χ0) is 17.1. The largest absolute Gasteiger partial charge is 0.506 e. The van der Waals surface area contributed by atoms with Gasteiger partial charge in [-0.25, -0.2) is 0 Å². The van der Waals surface area contributed by atoms with Crippen LogP contribution in [0.3, 0.4) is 0 Å². The molecule has 0 aliphatic heterocycles. The maximum Gasteiger partial charge on any atom is 0.141 e. The SMILES string of the molecule is Oc1ccc(Cl)c2cccnc12.Oc1ccc(Cl)c2cccnc12.[Mg]. The minimum Gasteiger partial charge on any atom is -0.506 e. The highest BCUT2D eigenvalue weighted by molar-refractivity contribution is 6.36. The van der Waals surface area contributed by atoms with E-state index in [0.29, 0.717) is 21.1 Å². The summed E-state index contributed by atoms with van der Waals surface area (Å²) in [5.74, 6) is 0.324. The number of pyridine rings is 2. The molecular formula is C18H12Cl2MgN2O2. The van der Waals surface area contributed by atoms with Gasteiger partial charge in [-0.2, -0.15) is 0 Å². The van der Waals surface area contributed by atoms with Crippen LogP contribution in [0.2, 0.25) is 10.0 Å². The van der Waals surface area contributed by atoms with Crippen molar-refractivity contribution in [1.29, 1.82) is 0 Å². The van der Waals surface area contributed by atoms with Crippen LogP contribution in [-0.2, 0) is 0 Å². The molecular weight excluding hydrogens is 371 g/mol. The zero-order valence-corrected chi connectivity index (χ0v) is 16.0. The molecule has 7 heteroatoms. The third-order valence-corrected chi connectivity index (χ3v) is 4.05. The lowest BCUT2D eigenvalue weighted by molar-refractivity contribution is 0.480. The number of halogens is 2. The van der Waals surface area contributed by atoms with E-state index in [9.17, 15) is 10.2 Å². The monoisotopic (exact) mass is 382 g/mol. The Hall–Kier alpha value is -1.79. The smallest absolute Gasteiger partial charge is 0.141 e. The summed E-state index contributed by atoms with van der Waals surface area (Å²) in [5.41, 5.74) is 1.09. The molecule has 0 spiro atoms. The summed E-state index contributed by atoms with van der Waals surface area (Å²) in [4.78, 5) is 8.01. The van der Waals surface area contributed by atoms with Gasteiger partial charge < -0.3 is 10.2 Å². The molecule has 0 saturated heterocycles. The highest BCUT2D eigenvalue weighted by atomic mass is 35.5. The van der Waals surface area contributed by atoms with E-state index in [0.717, 1.165) is 10.8 Å². The van der Waals surface area contributed by atoms with E-state index >= 15 is 0 Å². The van der Waals surface area contributed by atoms with Crippen LogP contribution in [0.1, 0.15) is 0 Å². The van der Waals surface area contributed by atoms with Crippen molar-refractivity contribution in [3.63, 3.8) is 0 Å². The lowest BCUT2D eigenvalue weighted by Gasteiger charge is -2.00. The molecule has 2 N–H and O–H groups in total. The summed E-state index contributed by atoms with van der Waals surface area (Å²) >= 11 is 11.8. The molecule has 122 valence electrons. The Balaban J connectivity index is 0.000000173. The fourth-order valence-corrected chi connectivity index (χ4v) is 2.68. The van der Waals surface area contributed by atoms with Crippen LogP contribution in [0.4, 0.5) is 0 Å². The van der Waals surface area contributed by atoms with Crippen molar-refractivity contribution in [2.24, 2.45) is 0 Å². The maximum atomic E-state index is 9.37. The Morgan fingerprint density at radius 2 is 1.04 bits per heavy atom. The first-order valence-electron chi connectivity index (χ1n) is 7.02. The van der Waals surface area contributed by atoms with Gasteiger partial charge in [-0.1, -0.05) is 23.2 Å². The fourth-order valence-electron chi connectivity index (χ4n) is 2.25. The molecule has 2 aromatic heterocycles. The molecule has 2 aromatic carbocycles. The van der Waals surface area contributed by atoms with E-state index < -0.39 is 0 Å². The van der Waals surface area contributed by atoms with Gasteiger partial charge >= 0.3 is 0 Å². The average molecular weight is 384 g/mol. The van der Waals surface area contributed by atoms with E-state index in [2.05, 4.69) is 9.97 Å². The Morgan fingerprint density at radius 1 is 0.640 bits per heavy atom. The summed E-state index contributed by atoms with van der Waals surface area (Å²) < 4.78 is 0. The normalized spacial score (nSPS) is 10.0. The van der Waals surface area contributed by atoms with Gasteiger partial charge in [0.05, 0.1) is 10.0 Å². The van der Waals surface area contributed by atoms with Gasteiger partial charge in [-0.05, 0) is 48.5 Å². The number of phenols is 2. The van der Waals surface area contributed by atoms with Crippen molar-refractivity contribution in [1.82, 2.24) is 9.97 Å². The second kappa shape index (κ2) is 8.53. The number of fused-ring (bicyclic) bond motifs is 2. The quantitative estimate of drug-likeness (QED) is 0.428. The first-order valence-corrected chi connectivity index (χ1v) is 7.78. The minimum absolute atomic E-state index is 0. The first kappa shape index (κ1) is 19.5. The van der Waals surface area contributed by atoms with E-state index in [-0.39, 0.29) is 34.6 Å². The molecule has 4 nitrogen and oxygen atoms in total. The molecule has 0 atom stereocenters. The number of aromatic nitrogens is 2. The van der Waals surface area contributed by atoms with Gasteiger partial charge in [0.25, 0.3) is 0 Å². The predicted molar refractivity (Wildman–Crippen MR) is 103 cm³/mol. The standard InChI is InChI=1S/2C9H6ClNO.Mg/c2*10-7-3-4-8(12)9-6(7)2-1-5-11-9;/h2*1-5,12H;. The predicted octanol–water partition coefficient (Wildman–Crippen LogP) is 4.81. The maximum absolute atomic E-state index is 9.37. The van der Waals surface area contributed by atoms with Crippen molar-refractivity contribution in [2.45, 2.75) is 0 Å². The zero-order valence-electron chi connectivity index (χ0n) is 13.0. The van der Waals surface area contributed by atoms with Crippen LogP contribution < -0.4 is 0 Å². The van der Waals surface area contributed by atoms with Crippen LogP contribution in [-0.4, -0.2) is 43.2 Å². The molecule has 2 heterocycles. The van der Waals surface area contributed by atoms with Crippen molar-refractivity contribution < 1.29 is 10.2 Å². The Morgan fingerprint density at radius 3 is 1.40 bits per heavy atom. The second-order valence-corrected chi connectivity index (χ2v) is 5.75. The molecule has 25 heavy (non-hydrogen) atoms. The molecule has 0 unspecified atom stereocenters. The third kappa shape index (κ3) is 4.25. The van der Waals surface area contributed by atoms with Gasteiger partial charge in [0.1, 0.15) is 22.5 Å². The third-order valence-electron chi connectivity index (χ3n) is 3.39. The number of nitrogens with zero attached hydrogens (tertiary/aromatic N) is 2. The molecule has 0 amide bonds. The van der Waals surface area contributed by atoms with Crippen molar-refractivity contribution >= 4 is 68.1 Å². The lowest BCUT2D eigenvalue weighted by Crippen LogP contribution is -1.78. The van der Waals surface area contributed by atoms with Gasteiger partial charge in [-0.15, -0.1) is 0 Å². The molecule has 0 bridgehead atoms. The van der Waals surface area contributed by atoms with Gasteiger partial charge in [0.15, 0.2) is 0 Å². The number of hydrogen-bond donors (Lipinski definition) is 2. The van der Waals surface area contributed by atoms with Crippen LogP contribution >= 0.6 is 23.2 Å². The second-order valence-electron chi connectivity index (χ2n) is 4.93. The molecule has 0 fully saturated rings. The summed E-state index contributed by atoms with van der Waals surface area (Å²) in [7, 11) is 0. The highest BCUT2D eigenvalue weighted by Crippen LogP contribution is 2.29. The average Bonchev–Trinajstić information content (AvgIpc) is 2.63. The molecule has 0 saturated carbocycles. The summed E-state index contributed by atoms with van der Waals surface area (Å²) in [6, 6.07) is 13.6. The lowest BCUT2D eigenvalue weighted by atomic mass is 10.2. The van der Waals surface area contributed by atoms with Crippen LogP contribution in [0.25, 0.3) is 21.8 Å². The Bertz CT molecular complexity index is 864. The van der Waals surface area contributed by atoms with Crippen LogP contribution in [0, 0.1) is 0 Å². The summed E-state index contributed by atoms with van der Waals surface area (Å²) in [6.07, 6.45) is 3.25. The number of aromatic hydroxyl groups is 2. The van der Waals surface area contributed by atoms with E-state index in [4.69, 9.17) is 23.2 Å². The first-order chi connectivity index (χ1) is 11.6. The number of hydrogen-bond acceptors (Lipinski definition) is 4. The Labute approximate surface area is 170 Å². The van der Waals surface area contributed by atoms with Crippen molar-refractivity contribution in [3.8, 4) is 11.5 Å². The number of benzene rings is 2. The Kier molecular flexibility index (Phi) is 6.67. The molecule has 4 rings (SSSR count). The van der Waals surface area contributed by atoms with E-state index in [1.165, 1.54) is 12.1 Å². The van der Waals surface area contributed by atoms with E-state index in [1.54, 1.807) is 36.7 Å². The summed E-state index contributed by atoms with van der Waals surface area (Å²) in [5, 5.41) is 21.5. The minimum atomic E-state index is 0. The molecule has 0 aliphatic rings. The van der Waals surface area contributed by atoms with Gasteiger partial charge in [0.2, 0.25) is 0 Å². The number of rotatable bonds is 0.